The van der Waals surface area contributed by atoms with E-state index in [1.807, 2.05) is 0 Å². The summed E-state index contributed by atoms with van der Waals surface area (Å²) in [4.78, 5) is 11.8. The van der Waals surface area contributed by atoms with Crippen molar-refractivity contribution in [3.05, 3.63) is 0 Å². The number of ether oxygens (including phenoxy) is 1. The molecule has 176 valence electrons. The molecule has 0 radical (unpaired) electrons. The van der Waals surface area contributed by atoms with Crippen molar-refractivity contribution < 1.29 is 45.0 Å². The van der Waals surface area contributed by atoms with Crippen LogP contribution in [0.2, 0.25) is 0 Å². The highest BCUT2D eigenvalue weighted by Gasteiger charge is 2.56. The van der Waals surface area contributed by atoms with E-state index >= 15 is 0 Å². The Bertz CT molecular complexity index is 684. The van der Waals surface area contributed by atoms with Gasteiger partial charge in [0.1, 0.15) is 0 Å². The third-order valence-corrected chi connectivity index (χ3v) is 8.73. The minimum absolute atomic E-state index is 0.0649. The molecule has 1 N–H and O–H groups in total. The number of piperidine rings is 1. The van der Waals surface area contributed by atoms with Crippen LogP contribution in [-0.2, 0) is 19.6 Å². The molecule has 0 aromatic heterocycles. The summed E-state index contributed by atoms with van der Waals surface area (Å²) in [6.07, 6.45) is -4.84. The van der Waals surface area contributed by atoms with Gasteiger partial charge in [-0.15, -0.1) is 0 Å². The second kappa shape index (κ2) is 9.64. The van der Waals surface area contributed by atoms with Crippen molar-refractivity contribution in [1.29, 1.82) is 0 Å². The molecule has 0 aromatic rings. The molecular weight excluding hydrogens is 437 g/mol. The number of hydrogen-bond donors (Lipinski definition) is 1. The van der Waals surface area contributed by atoms with Gasteiger partial charge in [-0.25, -0.2) is 12.7 Å². The summed E-state index contributed by atoms with van der Waals surface area (Å²) in [6.45, 7) is 0.481. The summed E-state index contributed by atoms with van der Waals surface area (Å²) in [5.74, 6) is -5.91. The quantitative estimate of drug-likeness (QED) is 0.414. The fourth-order valence-electron chi connectivity index (χ4n) is 4.07. The Kier molecular flexibility index (Phi) is 8.11. The molecule has 0 atom stereocenters. The Morgan fingerprint density at radius 2 is 1.60 bits per heavy atom. The fourth-order valence-corrected chi connectivity index (χ4v) is 6.16. The van der Waals surface area contributed by atoms with Crippen molar-refractivity contribution in [2.24, 2.45) is 5.92 Å². The second-order valence-corrected chi connectivity index (χ2v) is 10.3. The van der Waals surface area contributed by atoms with Crippen molar-refractivity contribution in [2.75, 3.05) is 26.3 Å². The number of carboxylic acids is 1. The van der Waals surface area contributed by atoms with Crippen LogP contribution in [0.15, 0.2) is 0 Å². The summed E-state index contributed by atoms with van der Waals surface area (Å²) in [6, 6.07) is 0. The van der Waals surface area contributed by atoms with Crippen LogP contribution in [-0.4, -0.2) is 66.9 Å². The van der Waals surface area contributed by atoms with Crippen molar-refractivity contribution in [2.45, 2.75) is 74.6 Å². The summed E-state index contributed by atoms with van der Waals surface area (Å²) in [7, 11) is -4.06. The number of carbonyl (C=O) groups is 1. The summed E-state index contributed by atoms with van der Waals surface area (Å²) < 4.78 is 92.6. The van der Waals surface area contributed by atoms with Gasteiger partial charge in [0.2, 0.25) is 10.0 Å². The van der Waals surface area contributed by atoms with Gasteiger partial charge in [0.15, 0.2) is 4.75 Å². The first-order chi connectivity index (χ1) is 13.8. The molecule has 0 aromatic carbocycles. The number of rotatable bonds is 9. The Morgan fingerprint density at radius 3 is 2.10 bits per heavy atom. The molecular formula is C18H28F5NO5S. The average molecular weight is 465 g/mol. The zero-order valence-corrected chi connectivity index (χ0v) is 17.4. The predicted molar refractivity (Wildman–Crippen MR) is 97.7 cm³/mol. The maximum Gasteiger partial charge on any atom is 0.453 e. The maximum atomic E-state index is 13.0. The Balaban J connectivity index is 1.79. The first-order valence-corrected chi connectivity index (χ1v) is 11.5. The Hall–Kier alpha value is -1.01. The molecule has 30 heavy (non-hydrogen) atoms. The fraction of sp³-hybridized carbons (Fsp3) is 0.944. The molecule has 2 heterocycles. The number of carboxylic acid groups (broad SMARTS) is 1. The van der Waals surface area contributed by atoms with Crippen LogP contribution in [0, 0.1) is 5.92 Å². The van der Waals surface area contributed by atoms with Crippen LogP contribution >= 0.6 is 0 Å². The van der Waals surface area contributed by atoms with E-state index in [-0.39, 0.29) is 57.9 Å². The van der Waals surface area contributed by atoms with E-state index < -0.39 is 39.3 Å². The summed E-state index contributed by atoms with van der Waals surface area (Å²) in [5, 5.41) is 9.60. The highest BCUT2D eigenvalue weighted by molar-refractivity contribution is 7.91. The molecule has 2 rings (SSSR count). The van der Waals surface area contributed by atoms with Crippen LogP contribution in [0.3, 0.4) is 0 Å². The van der Waals surface area contributed by atoms with E-state index in [1.165, 1.54) is 4.31 Å². The highest BCUT2D eigenvalue weighted by atomic mass is 32.2. The van der Waals surface area contributed by atoms with Crippen LogP contribution < -0.4 is 0 Å². The molecule has 0 bridgehead atoms. The first-order valence-electron chi connectivity index (χ1n) is 10.1. The molecule has 0 aliphatic carbocycles. The molecule has 2 aliphatic heterocycles. The van der Waals surface area contributed by atoms with Crippen LogP contribution in [0.4, 0.5) is 22.0 Å². The Labute approximate surface area is 172 Å². The van der Waals surface area contributed by atoms with E-state index in [9.17, 15) is 40.3 Å². The van der Waals surface area contributed by atoms with Gasteiger partial charge in [0.25, 0.3) is 0 Å². The van der Waals surface area contributed by atoms with E-state index in [1.54, 1.807) is 0 Å². The standard InChI is InChI=1S/C18H28F5NO5S/c19-17(20,18(21,22)23)7-3-1-2-4-14-5-10-24(11-6-14)30(27,28)16(15(25)26)8-12-29-13-9-16/h14H,1-13H2,(H,25,26). The SMILES string of the molecule is O=C(O)C1(S(=O)(=O)N2CCC(CCCCCC(F)(F)C(F)(F)F)CC2)CCOCC1. The first kappa shape index (κ1) is 25.3. The number of hydrogen-bond acceptors (Lipinski definition) is 4. The van der Waals surface area contributed by atoms with Gasteiger partial charge < -0.3 is 9.84 Å². The van der Waals surface area contributed by atoms with Gasteiger partial charge in [-0.3, -0.25) is 4.79 Å². The number of halogens is 5. The second-order valence-electron chi connectivity index (χ2n) is 8.06. The maximum absolute atomic E-state index is 13.0. The molecule has 0 amide bonds. The Morgan fingerprint density at radius 1 is 1.03 bits per heavy atom. The van der Waals surface area contributed by atoms with Crippen molar-refractivity contribution in [3.63, 3.8) is 0 Å². The zero-order chi connectivity index (χ0) is 22.6. The number of sulfonamides is 1. The molecule has 0 unspecified atom stereocenters. The molecule has 6 nitrogen and oxygen atoms in total. The molecule has 0 saturated carbocycles. The minimum atomic E-state index is -5.52. The largest absolute Gasteiger partial charge is 0.480 e. The van der Waals surface area contributed by atoms with Gasteiger partial charge in [-0.1, -0.05) is 19.3 Å². The predicted octanol–water partition coefficient (Wildman–Crippen LogP) is 3.81. The lowest BCUT2D eigenvalue weighted by molar-refractivity contribution is -0.284. The van der Waals surface area contributed by atoms with E-state index in [0.717, 1.165) is 0 Å². The lowest BCUT2D eigenvalue weighted by Crippen LogP contribution is -2.57. The van der Waals surface area contributed by atoms with Gasteiger partial charge in [-0.2, -0.15) is 22.0 Å². The molecule has 2 aliphatic rings. The van der Waals surface area contributed by atoms with Crippen LogP contribution in [0.1, 0.15) is 57.8 Å². The zero-order valence-electron chi connectivity index (χ0n) is 16.6. The average Bonchev–Trinajstić information content (AvgIpc) is 2.67. The van der Waals surface area contributed by atoms with E-state index in [2.05, 4.69) is 0 Å². The van der Waals surface area contributed by atoms with Gasteiger partial charge >= 0.3 is 18.1 Å². The number of alkyl halides is 5. The summed E-state index contributed by atoms with van der Waals surface area (Å²) in [5.41, 5.74) is 0. The monoisotopic (exact) mass is 465 g/mol. The van der Waals surface area contributed by atoms with Crippen molar-refractivity contribution in [1.82, 2.24) is 4.31 Å². The van der Waals surface area contributed by atoms with E-state index in [4.69, 9.17) is 4.74 Å². The lowest BCUT2D eigenvalue weighted by atomic mass is 9.92. The normalized spacial score (nSPS) is 22.2. The van der Waals surface area contributed by atoms with E-state index in [0.29, 0.717) is 25.7 Å². The number of unbranched alkanes of at least 4 members (excludes halogenated alkanes) is 2. The van der Waals surface area contributed by atoms with Crippen LogP contribution in [0.5, 0.6) is 0 Å². The van der Waals surface area contributed by atoms with Gasteiger partial charge in [-0.05, 0) is 25.2 Å². The third kappa shape index (κ3) is 5.42. The smallest absolute Gasteiger partial charge is 0.453 e. The number of aliphatic carboxylic acids is 1. The molecule has 0 spiro atoms. The van der Waals surface area contributed by atoms with Crippen LogP contribution in [0.25, 0.3) is 0 Å². The lowest BCUT2D eigenvalue weighted by Gasteiger charge is -2.39. The van der Waals surface area contributed by atoms with Gasteiger partial charge in [0.05, 0.1) is 0 Å². The topological polar surface area (TPSA) is 83.9 Å². The molecule has 2 saturated heterocycles. The van der Waals surface area contributed by atoms with Crippen molar-refractivity contribution >= 4 is 16.0 Å². The van der Waals surface area contributed by atoms with Crippen molar-refractivity contribution in [3.8, 4) is 0 Å². The third-order valence-electron chi connectivity index (χ3n) is 6.12. The molecule has 12 heteroatoms. The minimum Gasteiger partial charge on any atom is -0.480 e. The summed E-state index contributed by atoms with van der Waals surface area (Å²) >= 11 is 0. The highest BCUT2D eigenvalue weighted by Crippen LogP contribution is 2.39. The number of nitrogens with zero attached hydrogens (tertiary/aromatic N) is 1. The molecule has 2 fully saturated rings. The van der Waals surface area contributed by atoms with Gasteiger partial charge in [0, 0.05) is 45.6 Å².